The lowest BCUT2D eigenvalue weighted by molar-refractivity contribution is 0.0246. The largest absolute Gasteiger partial charge is 0.375 e. The topological polar surface area (TPSA) is 73.1 Å². The second kappa shape index (κ2) is 5.77. The highest BCUT2D eigenvalue weighted by atomic mass is 32.1. The van der Waals surface area contributed by atoms with Gasteiger partial charge in [0.25, 0.3) is 0 Å². The number of aromatic nitrogens is 3. The maximum Gasteiger partial charge on any atom is 0.229 e. The Kier molecular flexibility index (Phi) is 3.86. The van der Waals surface area contributed by atoms with Gasteiger partial charge in [-0.2, -0.15) is 4.98 Å². The normalized spacial score (nSPS) is 19.7. The number of hydrogen-bond acceptors (Lipinski definition) is 7. The molecule has 0 aliphatic carbocycles. The molecule has 0 radical (unpaired) electrons. The number of thiazole rings is 1. The van der Waals surface area contributed by atoms with E-state index in [-0.39, 0.29) is 6.10 Å². The van der Waals surface area contributed by atoms with E-state index in [1.165, 1.54) is 0 Å². The van der Waals surface area contributed by atoms with Crippen molar-refractivity contribution in [3.63, 3.8) is 0 Å². The lowest BCUT2D eigenvalue weighted by Gasteiger charge is -2.21. The highest BCUT2D eigenvalue weighted by Crippen LogP contribution is 2.13. The summed E-state index contributed by atoms with van der Waals surface area (Å²) in [6.45, 7) is 4.47. The summed E-state index contributed by atoms with van der Waals surface area (Å²) in [5, 5.41) is 10.3. The van der Waals surface area contributed by atoms with Gasteiger partial charge in [0.2, 0.25) is 5.89 Å². The number of hydrogen-bond donors (Lipinski definition) is 1. The highest BCUT2D eigenvalue weighted by Gasteiger charge is 2.18. The quantitative estimate of drug-likeness (QED) is 0.899. The molecule has 1 unspecified atom stereocenters. The van der Waals surface area contributed by atoms with Crippen LogP contribution in [0.4, 0.5) is 0 Å². The Morgan fingerprint density at radius 3 is 3.16 bits per heavy atom. The molecule has 0 aromatic carbocycles. The van der Waals surface area contributed by atoms with E-state index < -0.39 is 0 Å². The smallest absolute Gasteiger partial charge is 0.229 e. The molecule has 1 aliphatic rings. The van der Waals surface area contributed by atoms with E-state index >= 15 is 0 Å². The zero-order valence-electron chi connectivity index (χ0n) is 10.8. The van der Waals surface area contributed by atoms with Gasteiger partial charge in [-0.3, -0.25) is 0 Å². The molecule has 1 N–H and O–H groups in total. The first kappa shape index (κ1) is 12.7. The Labute approximate surface area is 115 Å². The summed E-state index contributed by atoms with van der Waals surface area (Å²) in [7, 11) is 0. The van der Waals surface area contributed by atoms with Crippen LogP contribution in [-0.4, -0.2) is 40.9 Å². The molecule has 0 bridgehead atoms. The minimum atomic E-state index is 0.129. The molecule has 2 aromatic heterocycles. The van der Waals surface area contributed by atoms with Crippen LogP contribution in [0.3, 0.4) is 0 Å². The van der Waals surface area contributed by atoms with Gasteiger partial charge in [-0.25, -0.2) is 4.98 Å². The summed E-state index contributed by atoms with van der Waals surface area (Å²) in [6, 6.07) is 0. The summed E-state index contributed by atoms with van der Waals surface area (Å²) in [5.74, 6) is 1.32. The third-order valence-electron chi connectivity index (χ3n) is 2.89. The summed E-state index contributed by atoms with van der Waals surface area (Å²) >= 11 is 1.62. The maximum atomic E-state index is 5.61. The van der Waals surface area contributed by atoms with E-state index in [9.17, 15) is 0 Å². The lowest BCUT2D eigenvalue weighted by Crippen LogP contribution is -2.39. The van der Waals surface area contributed by atoms with Crippen LogP contribution in [0, 0.1) is 6.92 Å². The SMILES string of the molecule is Cc1csc(Cc2noc(CC3CNCCO3)n2)n1. The van der Waals surface area contributed by atoms with Gasteiger partial charge in [-0.05, 0) is 6.92 Å². The molecule has 1 saturated heterocycles. The molecule has 7 heteroatoms. The molecule has 0 saturated carbocycles. The molecule has 1 atom stereocenters. The second-order valence-electron chi connectivity index (χ2n) is 4.56. The van der Waals surface area contributed by atoms with Crippen molar-refractivity contribution in [1.82, 2.24) is 20.4 Å². The van der Waals surface area contributed by atoms with Crippen molar-refractivity contribution in [2.75, 3.05) is 19.7 Å². The van der Waals surface area contributed by atoms with Gasteiger partial charge in [-0.1, -0.05) is 5.16 Å². The number of aryl methyl sites for hydroxylation is 1. The molecule has 1 aliphatic heterocycles. The number of rotatable bonds is 4. The molecule has 0 spiro atoms. The number of ether oxygens (including phenoxy) is 1. The van der Waals surface area contributed by atoms with Gasteiger partial charge in [0.15, 0.2) is 5.82 Å². The number of morpholine rings is 1. The van der Waals surface area contributed by atoms with Gasteiger partial charge in [-0.15, -0.1) is 11.3 Å². The predicted molar refractivity (Wildman–Crippen MR) is 70.3 cm³/mol. The van der Waals surface area contributed by atoms with Crippen LogP contribution in [0.25, 0.3) is 0 Å². The van der Waals surface area contributed by atoms with Crippen LogP contribution >= 0.6 is 11.3 Å². The van der Waals surface area contributed by atoms with E-state index in [1.807, 2.05) is 12.3 Å². The van der Waals surface area contributed by atoms with Crippen molar-refractivity contribution in [2.24, 2.45) is 0 Å². The van der Waals surface area contributed by atoms with Crippen LogP contribution in [0.5, 0.6) is 0 Å². The van der Waals surface area contributed by atoms with Crippen LogP contribution in [0.2, 0.25) is 0 Å². The molecular weight excluding hydrogens is 264 g/mol. The third kappa shape index (κ3) is 3.37. The summed E-state index contributed by atoms with van der Waals surface area (Å²) < 4.78 is 10.9. The Morgan fingerprint density at radius 2 is 2.42 bits per heavy atom. The number of nitrogens with one attached hydrogen (secondary N) is 1. The van der Waals surface area contributed by atoms with Crippen LogP contribution < -0.4 is 5.32 Å². The fraction of sp³-hybridized carbons (Fsp3) is 0.583. The number of nitrogens with zero attached hydrogens (tertiary/aromatic N) is 3. The van der Waals surface area contributed by atoms with Crippen molar-refractivity contribution in [1.29, 1.82) is 0 Å². The second-order valence-corrected chi connectivity index (χ2v) is 5.51. The fourth-order valence-corrected chi connectivity index (χ4v) is 2.78. The summed E-state index contributed by atoms with van der Waals surface area (Å²) in [6.07, 6.45) is 1.42. The molecule has 3 rings (SSSR count). The van der Waals surface area contributed by atoms with Crippen LogP contribution in [-0.2, 0) is 17.6 Å². The first-order chi connectivity index (χ1) is 9.29. The Hall–Kier alpha value is -1.31. The highest BCUT2D eigenvalue weighted by molar-refractivity contribution is 7.09. The summed E-state index contributed by atoms with van der Waals surface area (Å²) in [5.41, 5.74) is 1.03. The van der Waals surface area contributed by atoms with Gasteiger partial charge >= 0.3 is 0 Å². The Morgan fingerprint density at radius 1 is 1.47 bits per heavy atom. The molecule has 19 heavy (non-hydrogen) atoms. The van der Waals surface area contributed by atoms with Crippen molar-refractivity contribution < 1.29 is 9.26 Å². The Balaban J connectivity index is 1.59. The first-order valence-electron chi connectivity index (χ1n) is 6.34. The molecule has 0 amide bonds. The predicted octanol–water partition coefficient (Wildman–Crippen LogP) is 0.956. The van der Waals surface area contributed by atoms with Gasteiger partial charge < -0.3 is 14.6 Å². The summed E-state index contributed by atoms with van der Waals surface area (Å²) in [4.78, 5) is 8.78. The minimum Gasteiger partial charge on any atom is -0.375 e. The molecule has 3 heterocycles. The van der Waals surface area contributed by atoms with E-state index in [0.29, 0.717) is 24.6 Å². The van der Waals surface area contributed by atoms with Crippen LogP contribution in [0.1, 0.15) is 22.4 Å². The third-order valence-corrected chi connectivity index (χ3v) is 3.86. The average Bonchev–Trinajstić information content (AvgIpc) is 3.01. The minimum absolute atomic E-state index is 0.129. The van der Waals surface area contributed by atoms with Gasteiger partial charge in [0.05, 0.1) is 25.6 Å². The standard InChI is InChI=1S/C12H16N4O2S/c1-8-7-19-12(14-8)5-10-15-11(18-16-10)4-9-6-13-2-3-17-9/h7,9,13H,2-6H2,1H3. The van der Waals surface area contributed by atoms with Crippen molar-refractivity contribution in [3.05, 3.63) is 27.8 Å². The molecule has 1 fully saturated rings. The fourth-order valence-electron chi connectivity index (χ4n) is 2.01. The average molecular weight is 280 g/mol. The van der Waals surface area contributed by atoms with Gasteiger partial charge in [0, 0.05) is 24.2 Å². The van der Waals surface area contributed by atoms with E-state index in [1.54, 1.807) is 11.3 Å². The van der Waals surface area contributed by atoms with E-state index in [4.69, 9.17) is 9.26 Å². The molecule has 2 aromatic rings. The van der Waals surface area contributed by atoms with Gasteiger partial charge in [0.1, 0.15) is 5.01 Å². The van der Waals surface area contributed by atoms with E-state index in [2.05, 4.69) is 20.4 Å². The van der Waals surface area contributed by atoms with E-state index in [0.717, 1.165) is 30.4 Å². The first-order valence-corrected chi connectivity index (χ1v) is 7.22. The molecular formula is C12H16N4O2S. The molecule has 102 valence electrons. The Bertz CT molecular complexity index is 533. The monoisotopic (exact) mass is 280 g/mol. The zero-order valence-corrected chi connectivity index (χ0v) is 11.6. The van der Waals surface area contributed by atoms with Crippen LogP contribution in [0.15, 0.2) is 9.90 Å². The van der Waals surface area contributed by atoms with Crippen molar-refractivity contribution >= 4 is 11.3 Å². The zero-order chi connectivity index (χ0) is 13.1. The lowest BCUT2D eigenvalue weighted by atomic mass is 10.2. The van der Waals surface area contributed by atoms with Crippen molar-refractivity contribution in [2.45, 2.75) is 25.9 Å². The molecule has 6 nitrogen and oxygen atoms in total. The maximum absolute atomic E-state index is 5.61. The van der Waals surface area contributed by atoms with Crippen molar-refractivity contribution in [3.8, 4) is 0 Å².